The molecule has 5 heteroatoms. The van der Waals surface area contributed by atoms with Gasteiger partial charge in [-0.1, -0.05) is 31.2 Å². The molecule has 150 valence electrons. The predicted molar refractivity (Wildman–Crippen MR) is 109 cm³/mol. The summed E-state index contributed by atoms with van der Waals surface area (Å²) in [7, 11) is 0. The summed E-state index contributed by atoms with van der Waals surface area (Å²) in [5.41, 5.74) is 2.44. The molecule has 1 aromatic rings. The van der Waals surface area contributed by atoms with Crippen LogP contribution in [0.25, 0.3) is 0 Å². The SMILES string of the molecule is CCN1CCC(CNC(=O)N(Cc2ccccc2C)CC2CCCO2)CC1. The van der Waals surface area contributed by atoms with E-state index in [1.54, 1.807) is 0 Å². The van der Waals surface area contributed by atoms with Crippen LogP contribution in [0.4, 0.5) is 4.79 Å². The molecule has 2 saturated heterocycles. The summed E-state index contributed by atoms with van der Waals surface area (Å²) in [6.45, 7) is 10.7. The van der Waals surface area contributed by atoms with E-state index in [0.29, 0.717) is 19.0 Å². The van der Waals surface area contributed by atoms with Crippen LogP contribution in [0, 0.1) is 12.8 Å². The molecule has 2 aliphatic rings. The van der Waals surface area contributed by atoms with Crippen molar-refractivity contribution in [1.82, 2.24) is 15.1 Å². The van der Waals surface area contributed by atoms with E-state index < -0.39 is 0 Å². The van der Waals surface area contributed by atoms with Gasteiger partial charge < -0.3 is 19.9 Å². The quantitative estimate of drug-likeness (QED) is 0.796. The number of benzene rings is 1. The van der Waals surface area contributed by atoms with Gasteiger partial charge in [0.05, 0.1) is 6.10 Å². The maximum absolute atomic E-state index is 13.0. The van der Waals surface area contributed by atoms with E-state index in [2.05, 4.69) is 36.2 Å². The Morgan fingerprint density at radius 1 is 1.26 bits per heavy atom. The standard InChI is InChI=1S/C22H35N3O2/c1-3-24-12-10-19(11-13-24)15-23-22(26)25(17-21-9-6-14-27-21)16-20-8-5-4-7-18(20)2/h4-5,7-8,19,21H,3,6,9-17H2,1-2H3,(H,23,26). The van der Waals surface area contributed by atoms with Gasteiger partial charge in [0.1, 0.15) is 0 Å². The number of hydrogen-bond donors (Lipinski definition) is 1. The number of piperidine rings is 1. The number of carbonyl (C=O) groups excluding carboxylic acids is 1. The number of hydrogen-bond acceptors (Lipinski definition) is 3. The molecule has 0 aromatic heterocycles. The number of nitrogens with zero attached hydrogens (tertiary/aromatic N) is 2. The van der Waals surface area contributed by atoms with E-state index in [1.165, 1.54) is 24.0 Å². The van der Waals surface area contributed by atoms with E-state index in [4.69, 9.17) is 4.74 Å². The zero-order chi connectivity index (χ0) is 19.1. The highest BCUT2D eigenvalue weighted by Crippen LogP contribution is 2.18. The number of ether oxygens (including phenoxy) is 1. The third kappa shape index (κ3) is 5.94. The van der Waals surface area contributed by atoms with Crippen LogP contribution in [0.3, 0.4) is 0 Å². The molecule has 27 heavy (non-hydrogen) atoms. The minimum atomic E-state index is 0.0478. The first-order valence-electron chi connectivity index (χ1n) is 10.6. The Balaban J connectivity index is 1.55. The van der Waals surface area contributed by atoms with Crippen molar-refractivity contribution < 1.29 is 9.53 Å². The Morgan fingerprint density at radius 2 is 2.04 bits per heavy atom. The first-order valence-corrected chi connectivity index (χ1v) is 10.6. The fourth-order valence-corrected chi connectivity index (χ4v) is 4.10. The minimum Gasteiger partial charge on any atom is -0.376 e. The van der Waals surface area contributed by atoms with Crippen molar-refractivity contribution in [2.24, 2.45) is 5.92 Å². The van der Waals surface area contributed by atoms with Gasteiger partial charge >= 0.3 is 6.03 Å². The first kappa shape index (κ1) is 20.2. The van der Waals surface area contributed by atoms with Crippen LogP contribution < -0.4 is 5.32 Å². The summed E-state index contributed by atoms with van der Waals surface area (Å²) in [5.74, 6) is 0.597. The molecular weight excluding hydrogens is 338 g/mol. The molecule has 1 aromatic carbocycles. The maximum Gasteiger partial charge on any atom is 0.317 e. The van der Waals surface area contributed by atoms with Crippen LogP contribution in [0.15, 0.2) is 24.3 Å². The largest absolute Gasteiger partial charge is 0.376 e. The number of amides is 2. The Labute approximate surface area is 164 Å². The highest BCUT2D eigenvalue weighted by Gasteiger charge is 2.24. The second kappa shape index (κ2) is 10.1. The van der Waals surface area contributed by atoms with Crippen molar-refractivity contribution in [3.8, 4) is 0 Å². The average molecular weight is 374 g/mol. The predicted octanol–water partition coefficient (Wildman–Crippen LogP) is 3.42. The van der Waals surface area contributed by atoms with Gasteiger partial charge in [-0.25, -0.2) is 4.79 Å². The van der Waals surface area contributed by atoms with Gasteiger partial charge in [-0.15, -0.1) is 0 Å². The molecule has 2 aliphatic heterocycles. The zero-order valence-corrected chi connectivity index (χ0v) is 17.0. The van der Waals surface area contributed by atoms with Gasteiger partial charge in [-0.3, -0.25) is 0 Å². The van der Waals surface area contributed by atoms with Crippen molar-refractivity contribution in [1.29, 1.82) is 0 Å². The summed E-state index contributed by atoms with van der Waals surface area (Å²) in [5, 5.41) is 3.21. The van der Waals surface area contributed by atoms with Crippen molar-refractivity contribution in [2.75, 3.05) is 39.3 Å². The number of nitrogens with one attached hydrogen (secondary N) is 1. The normalized spacial score (nSPS) is 21.3. The number of likely N-dealkylation sites (tertiary alicyclic amines) is 1. The van der Waals surface area contributed by atoms with Crippen LogP contribution in [0.1, 0.15) is 43.7 Å². The lowest BCUT2D eigenvalue weighted by atomic mass is 9.97. The van der Waals surface area contributed by atoms with Gasteiger partial charge in [-0.2, -0.15) is 0 Å². The molecule has 0 radical (unpaired) electrons. The summed E-state index contributed by atoms with van der Waals surface area (Å²) in [6, 6.07) is 8.37. The molecule has 1 atom stereocenters. The third-order valence-electron chi connectivity index (χ3n) is 6.05. The Bertz CT molecular complexity index is 593. The molecule has 2 fully saturated rings. The molecule has 1 N–H and O–H groups in total. The van der Waals surface area contributed by atoms with Crippen molar-refractivity contribution in [3.05, 3.63) is 35.4 Å². The zero-order valence-electron chi connectivity index (χ0n) is 17.0. The maximum atomic E-state index is 13.0. The first-order chi connectivity index (χ1) is 13.2. The highest BCUT2D eigenvalue weighted by molar-refractivity contribution is 5.74. The number of urea groups is 1. The number of carbonyl (C=O) groups is 1. The Kier molecular flexibility index (Phi) is 7.53. The fraction of sp³-hybridized carbons (Fsp3) is 0.682. The van der Waals surface area contributed by atoms with E-state index in [0.717, 1.165) is 45.6 Å². The molecule has 0 bridgehead atoms. The summed E-state index contributed by atoms with van der Waals surface area (Å²) >= 11 is 0. The van der Waals surface area contributed by atoms with Crippen LogP contribution in [0.2, 0.25) is 0 Å². The van der Waals surface area contributed by atoms with Crippen LogP contribution in [-0.4, -0.2) is 61.3 Å². The van der Waals surface area contributed by atoms with E-state index in [9.17, 15) is 4.79 Å². The lowest BCUT2D eigenvalue weighted by Crippen LogP contribution is -2.46. The van der Waals surface area contributed by atoms with Crippen LogP contribution in [0.5, 0.6) is 0 Å². The van der Waals surface area contributed by atoms with Gasteiger partial charge in [0, 0.05) is 26.2 Å². The molecule has 2 heterocycles. The molecular formula is C22H35N3O2. The smallest absolute Gasteiger partial charge is 0.317 e. The molecule has 5 nitrogen and oxygen atoms in total. The minimum absolute atomic E-state index is 0.0478. The molecule has 1 unspecified atom stereocenters. The van der Waals surface area contributed by atoms with Gasteiger partial charge in [0.15, 0.2) is 0 Å². The summed E-state index contributed by atoms with van der Waals surface area (Å²) in [4.78, 5) is 17.4. The Morgan fingerprint density at radius 3 is 2.70 bits per heavy atom. The lowest BCUT2D eigenvalue weighted by molar-refractivity contribution is 0.0789. The molecule has 0 spiro atoms. The summed E-state index contributed by atoms with van der Waals surface area (Å²) < 4.78 is 5.79. The Hall–Kier alpha value is -1.59. The fourth-order valence-electron chi connectivity index (χ4n) is 4.10. The van der Waals surface area contributed by atoms with Gasteiger partial charge in [-0.05, 0) is 69.3 Å². The molecule has 2 amide bonds. The van der Waals surface area contributed by atoms with Crippen LogP contribution >= 0.6 is 0 Å². The van der Waals surface area contributed by atoms with Crippen molar-refractivity contribution >= 4 is 6.03 Å². The third-order valence-corrected chi connectivity index (χ3v) is 6.05. The average Bonchev–Trinajstić information content (AvgIpc) is 3.21. The topological polar surface area (TPSA) is 44.8 Å². The van der Waals surface area contributed by atoms with Crippen LogP contribution in [-0.2, 0) is 11.3 Å². The van der Waals surface area contributed by atoms with E-state index in [-0.39, 0.29) is 12.1 Å². The van der Waals surface area contributed by atoms with E-state index >= 15 is 0 Å². The summed E-state index contributed by atoms with van der Waals surface area (Å²) in [6.07, 6.45) is 4.68. The van der Waals surface area contributed by atoms with Gasteiger partial charge in [0.25, 0.3) is 0 Å². The number of aryl methyl sites for hydroxylation is 1. The highest BCUT2D eigenvalue weighted by atomic mass is 16.5. The second-order valence-corrected chi connectivity index (χ2v) is 8.01. The molecule has 0 saturated carbocycles. The van der Waals surface area contributed by atoms with Crippen molar-refractivity contribution in [2.45, 2.75) is 52.2 Å². The molecule has 3 rings (SSSR count). The molecule has 0 aliphatic carbocycles. The lowest BCUT2D eigenvalue weighted by Gasteiger charge is -2.32. The number of rotatable bonds is 7. The van der Waals surface area contributed by atoms with Gasteiger partial charge in [0.2, 0.25) is 0 Å². The monoisotopic (exact) mass is 373 g/mol. The van der Waals surface area contributed by atoms with Crippen molar-refractivity contribution in [3.63, 3.8) is 0 Å². The van der Waals surface area contributed by atoms with E-state index in [1.807, 2.05) is 17.0 Å². The second-order valence-electron chi connectivity index (χ2n) is 8.01.